The van der Waals surface area contributed by atoms with Gasteiger partial charge >= 0.3 is 0 Å². The van der Waals surface area contributed by atoms with Crippen LogP contribution in [0.3, 0.4) is 0 Å². The number of likely N-dealkylation sites (tertiary alicyclic amines) is 1. The topological polar surface area (TPSA) is 20.3 Å². The molecule has 0 radical (unpaired) electrons. The van der Waals surface area contributed by atoms with Gasteiger partial charge in [0.1, 0.15) is 0 Å². The van der Waals surface area contributed by atoms with E-state index in [1.165, 1.54) is 24.8 Å². The lowest BCUT2D eigenvalue weighted by Crippen LogP contribution is -2.43. The van der Waals surface area contributed by atoms with Crippen molar-refractivity contribution in [3.05, 3.63) is 11.6 Å². The Hall–Kier alpha value is -0.790. The number of piperidine rings is 1. The third-order valence-electron chi connectivity index (χ3n) is 5.29. The van der Waals surface area contributed by atoms with Gasteiger partial charge in [-0.05, 0) is 50.9 Å². The maximum atomic E-state index is 12.5. The molecule has 1 amide bonds. The van der Waals surface area contributed by atoms with Crippen molar-refractivity contribution in [2.75, 3.05) is 6.54 Å². The second kappa shape index (κ2) is 5.07. The van der Waals surface area contributed by atoms with Gasteiger partial charge < -0.3 is 4.90 Å². The zero-order valence-corrected chi connectivity index (χ0v) is 12.3. The highest BCUT2D eigenvalue weighted by Crippen LogP contribution is 2.44. The molecule has 0 N–H and O–H groups in total. The lowest BCUT2D eigenvalue weighted by molar-refractivity contribution is -0.136. The molecule has 0 aromatic rings. The predicted molar refractivity (Wildman–Crippen MR) is 75.3 cm³/mol. The molecule has 2 atom stereocenters. The van der Waals surface area contributed by atoms with Gasteiger partial charge in [0, 0.05) is 19.0 Å². The Morgan fingerprint density at radius 2 is 2.17 bits per heavy atom. The maximum absolute atomic E-state index is 12.5. The molecule has 0 aromatic carbocycles. The van der Waals surface area contributed by atoms with Crippen molar-refractivity contribution >= 4 is 5.91 Å². The number of carbonyl (C=O) groups is 1. The average Bonchev–Trinajstić information content (AvgIpc) is 2.56. The van der Waals surface area contributed by atoms with Crippen molar-refractivity contribution in [1.29, 1.82) is 0 Å². The Morgan fingerprint density at radius 3 is 2.72 bits per heavy atom. The van der Waals surface area contributed by atoms with Crippen LogP contribution in [-0.4, -0.2) is 23.4 Å². The Labute approximate surface area is 111 Å². The van der Waals surface area contributed by atoms with Gasteiger partial charge in [0.15, 0.2) is 0 Å². The van der Waals surface area contributed by atoms with Crippen LogP contribution >= 0.6 is 0 Å². The number of carbonyl (C=O) groups excluding carboxylic acids is 1. The van der Waals surface area contributed by atoms with E-state index in [1.54, 1.807) is 0 Å². The van der Waals surface area contributed by atoms with E-state index >= 15 is 0 Å². The fraction of sp³-hybridized carbons (Fsp3) is 0.812. The molecule has 1 aliphatic heterocycles. The number of nitrogens with zero attached hydrogens (tertiary/aromatic N) is 1. The third-order valence-corrected chi connectivity index (χ3v) is 5.29. The fourth-order valence-electron chi connectivity index (χ4n) is 3.33. The van der Waals surface area contributed by atoms with Crippen molar-refractivity contribution in [3.63, 3.8) is 0 Å². The fourth-order valence-corrected chi connectivity index (χ4v) is 3.33. The van der Waals surface area contributed by atoms with Gasteiger partial charge in [-0.15, -0.1) is 0 Å². The molecule has 0 bridgehead atoms. The summed E-state index contributed by atoms with van der Waals surface area (Å²) in [5.74, 6) is 0.877. The highest BCUT2D eigenvalue weighted by molar-refractivity contribution is 5.77. The van der Waals surface area contributed by atoms with Crippen molar-refractivity contribution in [2.24, 2.45) is 11.3 Å². The summed E-state index contributed by atoms with van der Waals surface area (Å²) < 4.78 is 0. The molecular formula is C16H27NO. The number of allylic oxidation sites excluding steroid dienone is 2. The molecular weight excluding hydrogens is 222 g/mol. The standard InChI is InChI=1S/C16H27NO/c1-12-8-9-14(16(12,3)4)11-15(18)17-10-6-5-7-13(17)2/h8,13-14H,5-7,9-11H2,1-4H3/t13?,14-/m1/s1. The first-order valence-corrected chi connectivity index (χ1v) is 7.39. The number of hydrogen-bond acceptors (Lipinski definition) is 1. The number of hydrogen-bond donors (Lipinski definition) is 0. The molecule has 1 fully saturated rings. The summed E-state index contributed by atoms with van der Waals surface area (Å²) in [6, 6.07) is 0.449. The minimum atomic E-state index is 0.203. The van der Waals surface area contributed by atoms with E-state index in [2.05, 4.69) is 38.7 Å². The normalized spacial score (nSPS) is 31.3. The van der Waals surface area contributed by atoms with E-state index in [1.807, 2.05) is 0 Å². The molecule has 2 rings (SSSR count). The molecule has 2 heteroatoms. The molecule has 1 heterocycles. The van der Waals surface area contributed by atoms with E-state index in [0.29, 0.717) is 17.9 Å². The van der Waals surface area contributed by atoms with Gasteiger partial charge in [0.2, 0.25) is 5.91 Å². The summed E-state index contributed by atoms with van der Waals surface area (Å²) in [4.78, 5) is 14.6. The molecule has 1 saturated heterocycles. The van der Waals surface area contributed by atoms with Crippen LogP contribution in [0.2, 0.25) is 0 Å². The zero-order chi connectivity index (χ0) is 13.3. The molecule has 2 aliphatic rings. The van der Waals surface area contributed by atoms with Crippen LogP contribution in [0, 0.1) is 11.3 Å². The maximum Gasteiger partial charge on any atom is 0.223 e. The highest BCUT2D eigenvalue weighted by Gasteiger charge is 2.37. The lowest BCUT2D eigenvalue weighted by atomic mass is 9.76. The molecule has 0 spiro atoms. The summed E-state index contributed by atoms with van der Waals surface area (Å²) in [5, 5.41) is 0. The molecule has 1 aliphatic carbocycles. The van der Waals surface area contributed by atoms with E-state index in [4.69, 9.17) is 0 Å². The molecule has 18 heavy (non-hydrogen) atoms. The molecule has 102 valence electrons. The first-order chi connectivity index (χ1) is 8.43. The first-order valence-electron chi connectivity index (χ1n) is 7.39. The molecule has 0 saturated carbocycles. The Balaban J connectivity index is 1.96. The Kier molecular flexibility index (Phi) is 3.84. The smallest absolute Gasteiger partial charge is 0.223 e. The van der Waals surface area contributed by atoms with Crippen molar-refractivity contribution in [1.82, 2.24) is 4.90 Å². The van der Waals surface area contributed by atoms with Gasteiger partial charge in [-0.1, -0.05) is 25.5 Å². The lowest BCUT2D eigenvalue weighted by Gasteiger charge is -2.36. The van der Waals surface area contributed by atoms with Gasteiger partial charge in [-0.3, -0.25) is 4.79 Å². The number of amides is 1. The largest absolute Gasteiger partial charge is 0.340 e. The summed E-state index contributed by atoms with van der Waals surface area (Å²) in [6.07, 6.45) is 7.76. The van der Waals surface area contributed by atoms with Gasteiger partial charge in [-0.2, -0.15) is 0 Å². The van der Waals surface area contributed by atoms with Crippen LogP contribution in [0.15, 0.2) is 11.6 Å². The van der Waals surface area contributed by atoms with Crippen LogP contribution < -0.4 is 0 Å². The first kappa shape index (κ1) is 13.6. The summed E-state index contributed by atoms with van der Waals surface area (Å²) in [6.45, 7) is 9.93. The van der Waals surface area contributed by atoms with Crippen molar-refractivity contribution in [2.45, 2.75) is 65.8 Å². The van der Waals surface area contributed by atoms with Gasteiger partial charge in [-0.25, -0.2) is 0 Å². The quantitative estimate of drug-likeness (QED) is 0.682. The summed E-state index contributed by atoms with van der Waals surface area (Å²) in [7, 11) is 0. The zero-order valence-electron chi connectivity index (χ0n) is 12.3. The van der Waals surface area contributed by atoms with E-state index in [0.717, 1.165) is 19.4 Å². The van der Waals surface area contributed by atoms with Gasteiger partial charge in [0.05, 0.1) is 0 Å². The monoisotopic (exact) mass is 249 g/mol. The van der Waals surface area contributed by atoms with Crippen LogP contribution in [0.4, 0.5) is 0 Å². The van der Waals surface area contributed by atoms with Crippen LogP contribution in [-0.2, 0) is 4.79 Å². The minimum Gasteiger partial charge on any atom is -0.340 e. The molecule has 1 unspecified atom stereocenters. The van der Waals surface area contributed by atoms with Crippen molar-refractivity contribution < 1.29 is 4.79 Å². The van der Waals surface area contributed by atoms with E-state index < -0.39 is 0 Å². The molecule has 2 nitrogen and oxygen atoms in total. The average molecular weight is 249 g/mol. The van der Waals surface area contributed by atoms with Crippen LogP contribution in [0.25, 0.3) is 0 Å². The van der Waals surface area contributed by atoms with E-state index in [-0.39, 0.29) is 5.41 Å². The SMILES string of the molecule is CC1=CC[C@H](CC(=O)N2CCCCC2C)C1(C)C. The molecule has 0 aromatic heterocycles. The van der Waals surface area contributed by atoms with Crippen LogP contribution in [0.1, 0.15) is 59.8 Å². The summed E-state index contributed by atoms with van der Waals surface area (Å²) in [5.41, 5.74) is 1.65. The van der Waals surface area contributed by atoms with Crippen molar-refractivity contribution in [3.8, 4) is 0 Å². The van der Waals surface area contributed by atoms with Crippen LogP contribution in [0.5, 0.6) is 0 Å². The Morgan fingerprint density at radius 1 is 1.44 bits per heavy atom. The second-order valence-corrected chi connectivity index (χ2v) is 6.68. The van der Waals surface area contributed by atoms with E-state index in [9.17, 15) is 4.79 Å². The third kappa shape index (κ3) is 2.48. The predicted octanol–water partition coefficient (Wildman–Crippen LogP) is 3.77. The van der Waals surface area contributed by atoms with Gasteiger partial charge in [0.25, 0.3) is 0 Å². The highest BCUT2D eigenvalue weighted by atomic mass is 16.2. The second-order valence-electron chi connectivity index (χ2n) is 6.68. The Bertz CT molecular complexity index is 356. The summed E-state index contributed by atoms with van der Waals surface area (Å²) >= 11 is 0. The minimum absolute atomic E-state index is 0.203. The number of rotatable bonds is 2.